The van der Waals surface area contributed by atoms with Gasteiger partial charge in [0.2, 0.25) is 0 Å². The number of aliphatic hydroxyl groups is 1. The molecule has 2 heterocycles. The average molecular weight is 356 g/mol. The van der Waals surface area contributed by atoms with E-state index in [9.17, 15) is 9.90 Å². The van der Waals surface area contributed by atoms with Gasteiger partial charge in [-0.1, -0.05) is 12.1 Å². The Morgan fingerprint density at radius 2 is 2.32 bits per heavy atom. The number of hydrogen-bond donors (Lipinski definition) is 2. The molecular weight excluding hydrogens is 336 g/mol. The summed E-state index contributed by atoms with van der Waals surface area (Å²) in [6, 6.07) is 8.40. The smallest absolute Gasteiger partial charge is 0.252 e. The lowest BCUT2D eigenvalue weighted by atomic mass is 10.0. The minimum Gasteiger partial charge on any atom is -0.390 e. The SMILES string of the molecule is Cc1nc(CN2CCC(NC(=O)c3ccccc3C#N)C(O)C2)cs1. The standard InChI is InChI=1S/C18H20N4O2S/c1-12-20-14(11-25-12)9-22-7-6-16(17(23)10-22)21-18(24)15-5-3-2-4-13(15)8-19/h2-5,11,16-17,23H,6-7,9-10H2,1H3,(H,21,24). The molecule has 1 fully saturated rings. The number of amides is 1. The van der Waals surface area contributed by atoms with Gasteiger partial charge < -0.3 is 10.4 Å². The predicted molar refractivity (Wildman–Crippen MR) is 95.2 cm³/mol. The summed E-state index contributed by atoms with van der Waals surface area (Å²) in [6.07, 6.45) is 0.0109. The number of thiazole rings is 1. The number of β-amino-alcohol motifs (C(OH)–C–C–N with tert-alkyl or cyclic N) is 1. The number of aromatic nitrogens is 1. The number of nitriles is 1. The molecule has 1 saturated heterocycles. The van der Waals surface area contributed by atoms with Crippen LogP contribution in [0.15, 0.2) is 29.6 Å². The summed E-state index contributed by atoms with van der Waals surface area (Å²) in [5.74, 6) is -0.315. The molecule has 0 radical (unpaired) electrons. The monoisotopic (exact) mass is 356 g/mol. The van der Waals surface area contributed by atoms with E-state index in [1.54, 1.807) is 35.6 Å². The highest BCUT2D eigenvalue weighted by Gasteiger charge is 2.29. The fourth-order valence-corrected chi connectivity index (χ4v) is 3.65. The van der Waals surface area contributed by atoms with Crippen LogP contribution in [-0.4, -0.2) is 46.1 Å². The zero-order valence-corrected chi connectivity index (χ0v) is 14.8. The number of aryl methyl sites for hydroxylation is 1. The third kappa shape index (κ3) is 4.23. The molecule has 7 heteroatoms. The Kier molecular flexibility index (Phi) is 5.43. The van der Waals surface area contributed by atoms with E-state index in [-0.39, 0.29) is 11.9 Å². The maximum absolute atomic E-state index is 12.4. The van der Waals surface area contributed by atoms with Gasteiger partial charge in [0.05, 0.1) is 40.0 Å². The molecule has 1 aliphatic heterocycles. The van der Waals surface area contributed by atoms with Crippen molar-refractivity contribution in [1.29, 1.82) is 5.26 Å². The molecule has 1 aromatic carbocycles. The molecule has 6 nitrogen and oxygen atoms in total. The number of aliphatic hydroxyl groups excluding tert-OH is 1. The van der Waals surface area contributed by atoms with Crippen molar-refractivity contribution in [3.05, 3.63) is 51.5 Å². The second kappa shape index (κ2) is 7.74. The minimum atomic E-state index is -0.647. The van der Waals surface area contributed by atoms with Gasteiger partial charge in [0.1, 0.15) is 0 Å². The Hall–Kier alpha value is -2.27. The van der Waals surface area contributed by atoms with Crippen molar-refractivity contribution in [1.82, 2.24) is 15.2 Å². The second-order valence-corrected chi connectivity index (χ2v) is 7.25. The Morgan fingerprint density at radius 1 is 1.52 bits per heavy atom. The third-order valence-corrected chi connectivity index (χ3v) is 5.15. The lowest BCUT2D eigenvalue weighted by molar-refractivity contribution is 0.0346. The minimum absolute atomic E-state index is 0.312. The summed E-state index contributed by atoms with van der Waals surface area (Å²) in [5.41, 5.74) is 1.70. The van der Waals surface area contributed by atoms with Crippen LogP contribution in [0.25, 0.3) is 0 Å². The van der Waals surface area contributed by atoms with Gasteiger partial charge >= 0.3 is 0 Å². The molecule has 2 unspecified atom stereocenters. The fourth-order valence-electron chi connectivity index (χ4n) is 3.04. The van der Waals surface area contributed by atoms with Crippen LogP contribution in [0.5, 0.6) is 0 Å². The van der Waals surface area contributed by atoms with Crippen molar-refractivity contribution in [2.24, 2.45) is 0 Å². The number of nitrogens with zero attached hydrogens (tertiary/aromatic N) is 3. The van der Waals surface area contributed by atoms with Gasteiger partial charge in [0, 0.05) is 25.0 Å². The molecule has 0 bridgehead atoms. The van der Waals surface area contributed by atoms with Crippen LogP contribution in [0.3, 0.4) is 0 Å². The van der Waals surface area contributed by atoms with Crippen molar-refractivity contribution in [3.63, 3.8) is 0 Å². The van der Waals surface area contributed by atoms with E-state index in [0.29, 0.717) is 30.6 Å². The van der Waals surface area contributed by atoms with Crippen LogP contribution in [-0.2, 0) is 6.54 Å². The first-order chi connectivity index (χ1) is 12.1. The molecule has 2 atom stereocenters. The summed E-state index contributed by atoms with van der Waals surface area (Å²) >= 11 is 1.62. The zero-order chi connectivity index (χ0) is 17.8. The van der Waals surface area contributed by atoms with E-state index in [4.69, 9.17) is 5.26 Å². The summed E-state index contributed by atoms with van der Waals surface area (Å²) < 4.78 is 0. The predicted octanol–water partition coefficient (Wildman–Crippen LogP) is 1.69. The first-order valence-electron chi connectivity index (χ1n) is 8.18. The molecule has 1 aromatic heterocycles. The molecule has 3 rings (SSSR count). The number of rotatable bonds is 4. The number of piperidine rings is 1. The van der Waals surface area contributed by atoms with Crippen molar-refractivity contribution in [3.8, 4) is 6.07 Å². The highest BCUT2D eigenvalue weighted by atomic mass is 32.1. The molecule has 25 heavy (non-hydrogen) atoms. The van der Waals surface area contributed by atoms with Crippen LogP contribution in [0.1, 0.15) is 33.0 Å². The summed E-state index contributed by atoms with van der Waals surface area (Å²) in [7, 11) is 0. The van der Waals surface area contributed by atoms with Crippen LogP contribution in [0, 0.1) is 18.3 Å². The molecule has 0 spiro atoms. The number of carbonyl (C=O) groups excluding carboxylic acids is 1. The van der Waals surface area contributed by atoms with E-state index in [1.807, 2.05) is 18.4 Å². The van der Waals surface area contributed by atoms with Crippen LogP contribution in [0.4, 0.5) is 0 Å². The average Bonchev–Trinajstić information content (AvgIpc) is 3.02. The van der Waals surface area contributed by atoms with E-state index in [0.717, 1.165) is 17.2 Å². The van der Waals surface area contributed by atoms with E-state index in [2.05, 4.69) is 15.2 Å². The van der Waals surface area contributed by atoms with E-state index < -0.39 is 6.10 Å². The largest absolute Gasteiger partial charge is 0.390 e. The maximum Gasteiger partial charge on any atom is 0.252 e. The molecule has 0 saturated carbocycles. The van der Waals surface area contributed by atoms with Crippen LogP contribution >= 0.6 is 11.3 Å². The zero-order valence-electron chi connectivity index (χ0n) is 14.0. The summed E-state index contributed by atoms with van der Waals surface area (Å²) in [5, 5.41) is 25.5. The lowest BCUT2D eigenvalue weighted by Crippen LogP contribution is -2.53. The van der Waals surface area contributed by atoms with Crippen LogP contribution in [0.2, 0.25) is 0 Å². The van der Waals surface area contributed by atoms with Gasteiger partial charge in [-0.2, -0.15) is 5.26 Å². The van der Waals surface area contributed by atoms with Gasteiger partial charge in [-0.15, -0.1) is 11.3 Å². The number of likely N-dealkylation sites (tertiary alicyclic amines) is 1. The first kappa shape index (κ1) is 17.5. The second-order valence-electron chi connectivity index (χ2n) is 6.19. The van der Waals surface area contributed by atoms with Crippen LogP contribution < -0.4 is 5.32 Å². The number of benzene rings is 1. The first-order valence-corrected chi connectivity index (χ1v) is 9.06. The maximum atomic E-state index is 12.4. The Bertz CT molecular complexity index is 798. The van der Waals surface area contributed by atoms with Crippen molar-refractivity contribution in [2.75, 3.05) is 13.1 Å². The molecule has 2 N–H and O–H groups in total. The van der Waals surface area contributed by atoms with Crippen molar-refractivity contribution >= 4 is 17.2 Å². The summed E-state index contributed by atoms with van der Waals surface area (Å²) in [4.78, 5) is 19.0. The molecule has 1 aliphatic rings. The molecule has 0 aliphatic carbocycles. The quantitative estimate of drug-likeness (QED) is 0.870. The van der Waals surface area contributed by atoms with E-state index in [1.165, 1.54) is 0 Å². The Morgan fingerprint density at radius 3 is 3.00 bits per heavy atom. The molecule has 2 aromatic rings. The van der Waals surface area contributed by atoms with Gasteiger partial charge in [0.25, 0.3) is 5.91 Å². The normalized spacial score (nSPS) is 20.8. The fraction of sp³-hybridized carbons (Fsp3) is 0.389. The topological polar surface area (TPSA) is 89.3 Å². The Labute approximate surface area is 150 Å². The van der Waals surface area contributed by atoms with Gasteiger partial charge in [-0.05, 0) is 25.5 Å². The van der Waals surface area contributed by atoms with E-state index >= 15 is 0 Å². The molecule has 130 valence electrons. The molecular formula is C18H20N4O2S. The lowest BCUT2D eigenvalue weighted by Gasteiger charge is -2.36. The highest BCUT2D eigenvalue weighted by molar-refractivity contribution is 7.09. The molecule has 1 amide bonds. The summed E-state index contributed by atoms with van der Waals surface area (Å²) in [6.45, 7) is 3.95. The number of nitrogens with one attached hydrogen (secondary N) is 1. The third-order valence-electron chi connectivity index (χ3n) is 4.33. The number of hydrogen-bond acceptors (Lipinski definition) is 6. The Balaban J connectivity index is 1.58. The highest BCUT2D eigenvalue weighted by Crippen LogP contribution is 2.17. The number of carbonyl (C=O) groups is 1. The van der Waals surface area contributed by atoms with Gasteiger partial charge in [-0.3, -0.25) is 9.69 Å². The van der Waals surface area contributed by atoms with Crippen molar-refractivity contribution in [2.45, 2.75) is 32.0 Å². The van der Waals surface area contributed by atoms with Crippen molar-refractivity contribution < 1.29 is 9.90 Å². The van der Waals surface area contributed by atoms with Gasteiger partial charge in [0.15, 0.2) is 0 Å². The van der Waals surface area contributed by atoms with Gasteiger partial charge in [-0.25, -0.2) is 4.98 Å².